The molecule has 0 aliphatic rings. The summed E-state index contributed by atoms with van der Waals surface area (Å²) in [5.74, 6) is 0.358. The highest BCUT2D eigenvalue weighted by Gasteiger charge is 2.12. The third-order valence-corrected chi connectivity index (χ3v) is 3.19. The molecule has 0 aliphatic heterocycles. The van der Waals surface area contributed by atoms with E-state index in [-0.39, 0.29) is 18.2 Å². The Morgan fingerprint density at radius 2 is 1.95 bits per heavy atom. The zero-order valence-corrected chi connectivity index (χ0v) is 13.0. The number of hydrogen-bond donors (Lipinski definition) is 0. The first kappa shape index (κ1) is 16.7. The number of hydrogen-bond acceptors (Lipinski definition) is 4. The molecule has 0 saturated heterocycles. The molecular weight excluding hydrogens is 297 g/mol. The van der Waals surface area contributed by atoms with Crippen molar-refractivity contribution in [2.45, 2.75) is 13.8 Å². The van der Waals surface area contributed by atoms with Crippen LogP contribution >= 0.6 is 23.2 Å². The predicted molar refractivity (Wildman–Crippen MR) is 85.0 cm³/mol. The van der Waals surface area contributed by atoms with Crippen LogP contribution in [0.3, 0.4) is 0 Å². The van der Waals surface area contributed by atoms with Gasteiger partial charge in [0, 0.05) is 17.3 Å². The highest BCUT2D eigenvalue weighted by atomic mass is 35.5. The van der Waals surface area contributed by atoms with Crippen molar-refractivity contribution in [2.24, 2.45) is 16.1 Å². The molecule has 0 aromatic heterocycles. The van der Waals surface area contributed by atoms with Gasteiger partial charge >= 0.3 is 0 Å². The average molecular weight is 314 g/mol. The van der Waals surface area contributed by atoms with Crippen LogP contribution in [0.5, 0.6) is 0 Å². The topological polar surface area (TPSA) is 45.0 Å². The van der Waals surface area contributed by atoms with Crippen LogP contribution in [0.1, 0.15) is 24.2 Å². The summed E-state index contributed by atoms with van der Waals surface area (Å²) in [5.41, 5.74) is 1.30. The summed E-state index contributed by atoms with van der Waals surface area (Å²) < 4.78 is 0. The molecule has 6 heteroatoms. The van der Waals surface area contributed by atoms with Crippen LogP contribution in [-0.4, -0.2) is 35.8 Å². The van der Waals surface area contributed by atoms with Crippen LogP contribution in [0.15, 0.2) is 34.5 Å². The van der Waals surface area contributed by atoms with Crippen LogP contribution in [0, 0.1) is 5.92 Å². The minimum Gasteiger partial charge on any atom is -0.292 e. The van der Waals surface area contributed by atoms with Gasteiger partial charge < -0.3 is 0 Å². The molecule has 0 atom stereocenters. The molecule has 20 heavy (non-hydrogen) atoms. The summed E-state index contributed by atoms with van der Waals surface area (Å²) in [6.07, 6.45) is 0. The van der Waals surface area contributed by atoms with Gasteiger partial charge in [0.1, 0.15) is 6.54 Å². The standard InChI is InChI=1S/C14H17Cl2N3O/c1-10(2)13(8-15)18-19(17-3)9-14(20)11-4-6-12(16)7-5-11/h4-7,10H,3,8-9H2,1-2H3/b18-13-. The first-order chi connectivity index (χ1) is 9.47. The molecule has 0 aliphatic carbocycles. The number of nitrogens with zero attached hydrogens (tertiary/aromatic N) is 3. The molecule has 1 aromatic carbocycles. The minimum atomic E-state index is -0.115. The SMILES string of the molecule is C=NN(CC(=O)c1ccc(Cl)cc1)/N=C(/CCl)C(C)C. The number of alkyl halides is 1. The Morgan fingerprint density at radius 3 is 2.40 bits per heavy atom. The molecule has 1 rings (SSSR count). The van der Waals surface area contributed by atoms with E-state index in [1.165, 1.54) is 5.12 Å². The lowest BCUT2D eigenvalue weighted by molar-refractivity contribution is 0.0936. The van der Waals surface area contributed by atoms with Crippen molar-refractivity contribution in [2.75, 3.05) is 12.4 Å². The van der Waals surface area contributed by atoms with Gasteiger partial charge in [-0.2, -0.15) is 15.3 Å². The fourth-order valence-electron chi connectivity index (χ4n) is 1.42. The maximum atomic E-state index is 12.1. The van der Waals surface area contributed by atoms with Gasteiger partial charge in [0.05, 0.1) is 11.6 Å². The quantitative estimate of drug-likeness (QED) is 0.333. The van der Waals surface area contributed by atoms with E-state index in [1.807, 2.05) is 13.8 Å². The molecule has 0 unspecified atom stereocenters. The van der Waals surface area contributed by atoms with Gasteiger partial charge in [-0.25, -0.2) is 0 Å². The smallest absolute Gasteiger partial charge is 0.186 e. The van der Waals surface area contributed by atoms with Crippen molar-refractivity contribution in [1.29, 1.82) is 0 Å². The van der Waals surface area contributed by atoms with Crippen molar-refractivity contribution < 1.29 is 4.79 Å². The zero-order chi connectivity index (χ0) is 15.1. The minimum absolute atomic E-state index is 0.0121. The van der Waals surface area contributed by atoms with E-state index in [0.29, 0.717) is 16.5 Å². The third-order valence-electron chi connectivity index (χ3n) is 2.66. The average Bonchev–Trinajstić information content (AvgIpc) is 2.43. The molecule has 0 radical (unpaired) electrons. The molecule has 0 heterocycles. The van der Waals surface area contributed by atoms with Gasteiger partial charge in [-0.15, -0.1) is 11.6 Å². The second-order valence-electron chi connectivity index (χ2n) is 4.48. The monoisotopic (exact) mass is 313 g/mol. The summed E-state index contributed by atoms with van der Waals surface area (Å²) in [7, 11) is 0. The number of Topliss-reactive ketones (excluding diaryl/α,β-unsaturated/α-hetero) is 1. The number of rotatable bonds is 7. The number of halogens is 2. The highest BCUT2D eigenvalue weighted by Crippen LogP contribution is 2.11. The van der Waals surface area contributed by atoms with Gasteiger partial charge in [0.15, 0.2) is 5.78 Å². The highest BCUT2D eigenvalue weighted by molar-refractivity contribution is 6.30. The number of hydrazone groups is 2. The Balaban J connectivity index is 2.80. The third kappa shape index (κ3) is 4.94. The fraction of sp³-hybridized carbons (Fsp3) is 0.357. The summed E-state index contributed by atoms with van der Waals surface area (Å²) >= 11 is 11.6. The summed E-state index contributed by atoms with van der Waals surface area (Å²) in [6, 6.07) is 6.67. The van der Waals surface area contributed by atoms with E-state index in [2.05, 4.69) is 16.9 Å². The molecule has 0 fully saturated rings. The summed E-state index contributed by atoms with van der Waals surface area (Å²) in [6.45, 7) is 7.38. The van der Waals surface area contributed by atoms with Crippen LogP contribution in [0.25, 0.3) is 0 Å². The van der Waals surface area contributed by atoms with Gasteiger partial charge in [-0.05, 0) is 30.2 Å². The van der Waals surface area contributed by atoms with E-state index < -0.39 is 0 Å². The molecule has 4 nitrogen and oxygen atoms in total. The fourth-order valence-corrected chi connectivity index (χ4v) is 1.91. The lowest BCUT2D eigenvalue weighted by Crippen LogP contribution is -2.24. The van der Waals surface area contributed by atoms with Crippen molar-refractivity contribution in [3.05, 3.63) is 34.9 Å². The number of carbonyl (C=O) groups is 1. The Labute approximate surface area is 129 Å². The number of benzene rings is 1. The van der Waals surface area contributed by atoms with Gasteiger partial charge in [0.25, 0.3) is 0 Å². The van der Waals surface area contributed by atoms with Crippen molar-refractivity contribution >= 4 is 41.4 Å². The number of carbonyl (C=O) groups excluding carboxylic acids is 1. The predicted octanol–water partition coefficient (Wildman–Crippen LogP) is 3.69. The first-order valence-electron chi connectivity index (χ1n) is 6.14. The molecular formula is C14H17Cl2N3O. The van der Waals surface area contributed by atoms with Crippen LogP contribution < -0.4 is 0 Å². The first-order valence-corrected chi connectivity index (χ1v) is 7.05. The van der Waals surface area contributed by atoms with Gasteiger partial charge in [0.2, 0.25) is 0 Å². The van der Waals surface area contributed by atoms with Crippen molar-refractivity contribution in [3.8, 4) is 0 Å². The Hall–Kier alpha value is -1.39. The van der Waals surface area contributed by atoms with Gasteiger partial charge in [-0.1, -0.05) is 25.4 Å². The van der Waals surface area contributed by atoms with Crippen molar-refractivity contribution in [1.82, 2.24) is 5.12 Å². The summed E-state index contributed by atoms with van der Waals surface area (Å²) in [5, 5.41) is 9.81. The van der Waals surface area contributed by atoms with Gasteiger partial charge in [-0.3, -0.25) is 4.79 Å². The van der Waals surface area contributed by atoms with E-state index in [9.17, 15) is 4.79 Å². The van der Waals surface area contributed by atoms with E-state index in [4.69, 9.17) is 23.2 Å². The van der Waals surface area contributed by atoms with E-state index >= 15 is 0 Å². The van der Waals surface area contributed by atoms with Crippen LogP contribution in [0.2, 0.25) is 5.02 Å². The lowest BCUT2D eigenvalue weighted by atomic mass is 10.1. The molecule has 1 aromatic rings. The zero-order valence-electron chi connectivity index (χ0n) is 11.5. The normalized spacial score (nSPS) is 11.6. The molecule has 0 amide bonds. The largest absolute Gasteiger partial charge is 0.292 e. The molecule has 108 valence electrons. The summed E-state index contributed by atoms with van der Waals surface area (Å²) in [4.78, 5) is 12.1. The Bertz CT molecular complexity index is 498. The Kier molecular flexibility index (Phi) is 6.68. The number of ketones is 1. The lowest BCUT2D eigenvalue weighted by Gasteiger charge is -2.15. The molecule has 0 saturated carbocycles. The van der Waals surface area contributed by atoms with Crippen LogP contribution in [0.4, 0.5) is 0 Å². The van der Waals surface area contributed by atoms with E-state index in [1.54, 1.807) is 24.3 Å². The Morgan fingerprint density at radius 1 is 1.35 bits per heavy atom. The molecule has 0 spiro atoms. The second-order valence-corrected chi connectivity index (χ2v) is 5.19. The molecule has 0 N–H and O–H groups in total. The van der Waals surface area contributed by atoms with Crippen LogP contribution in [-0.2, 0) is 0 Å². The van der Waals surface area contributed by atoms with Crippen molar-refractivity contribution in [3.63, 3.8) is 0 Å². The molecule has 0 bridgehead atoms. The maximum absolute atomic E-state index is 12.1. The van der Waals surface area contributed by atoms with E-state index in [0.717, 1.165) is 5.71 Å². The maximum Gasteiger partial charge on any atom is 0.186 e. The second kappa shape index (κ2) is 8.02.